The van der Waals surface area contributed by atoms with Crippen LogP contribution in [-0.4, -0.2) is 7.11 Å². The Morgan fingerprint density at radius 2 is 1.95 bits per heavy atom. The van der Waals surface area contributed by atoms with Gasteiger partial charge in [-0.15, -0.1) is 0 Å². The third kappa shape index (κ3) is 2.81. The van der Waals surface area contributed by atoms with Crippen LogP contribution in [0.25, 0.3) is 0 Å². The molecule has 1 aliphatic rings. The van der Waals surface area contributed by atoms with Crippen molar-refractivity contribution < 1.29 is 4.74 Å². The summed E-state index contributed by atoms with van der Waals surface area (Å²) in [5, 5.41) is 0. The molecule has 0 bridgehead atoms. The van der Waals surface area contributed by atoms with E-state index in [1.807, 2.05) is 6.07 Å². The number of hydrogen-bond donors (Lipinski definition) is 1. The van der Waals surface area contributed by atoms with Crippen molar-refractivity contribution >= 4 is 0 Å². The predicted molar refractivity (Wildman–Crippen MR) is 86.8 cm³/mol. The normalized spacial score (nSPS) is 16.3. The zero-order chi connectivity index (χ0) is 14.8. The van der Waals surface area contributed by atoms with E-state index in [9.17, 15) is 0 Å². The lowest BCUT2D eigenvalue weighted by Crippen LogP contribution is -2.15. The third-order valence-electron chi connectivity index (χ3n) is 4.57. The van der Waals surface area contributed by atoms with Crippen LogP contribution >= 0.6 is 0 Å². The van der Waals surface area contributed by atoms with Gasteiger partial charge in [-0.3, -0.25) is 0 Å². The topological polar surface area (TPSA) is 35.2 Å². The SMILES string of the molecule is COc1ccc(C)cc1C(N)c1cccc(C2CCC2)c1. The summed E-state index contributed by atoms with van der Waals surface area (Å²) in [5.74, 6) is 1.60. The van der Waals surface area contributed by atoms with Crippen molar-refractivity contribution in [3.8, 4) is 5.75 Å². The highest BCUT2D eigenvalue weighted by atomic mass is 16.5. The van der Waals surface area contributed by atoms with E-state index in [0.29, 0.717) is 0 Å². The molecule has 1 atom stereocenters. The summed E-state index contributed by atoms with van der Waals surface area (Å²) in [7, 11) is 1.70. The molecule has 0 spiro atoms. The molecule has 110 valence electrons. The average Bonchev–Trinajstić information content (AvgIpc) is 2.45. The van der Waals surface area contributed by atoms with Crippen LogP contribution in [0.1, 0.15) is 53.5 Å². The van der Waals surface area contributed by atoms with Crippen LogP contribution in [0.4, 0.5) is 0 Å². The van der Waals surface area contributed by atoms with Gasteiger partial charge >= 0.3 is 0 Å². The Kier molecular flexibility index (Phi) is 3.98. The predicted octanol–water partition coefficient (Wildman–Crippen LogP) is 4.32. The molecular weight excluding hydrogens is 258 g/mol. The number of rotatable bonds is 4. The van der Waals surface area contributed by atoms with Crippen molar-refractivity contribution in [3.63, 3.8) is 0 Å². The molecule has 2 aromatic carbocycles. The zero-order valence-corrected chi connectivity index (χ0v) is 12.8. The number of ether oxygens (including phenoxy) is 1. The van der Waals surface area contributed by atoms with Crippen LogP contribution in [0.3, 0.4) is 0 Å². The molecule has 0 aliphatic heterocycles. The average molecular weight is 281 g/mol. The van der Waals surface area contributed by atoms with E-state index in [1.54, 1.807) is 7.11 Å². The van der Waals surface area contributed by atoms with E-state index < -0.39 is 0 Å². The molecule has 2 N–H and O–H groups in total. The highest BCUT2D eigenvalue weighted by Gasteiger charge is 2.21. The van der Waals surface area contributed by atoms with Crippen molar-refractivity contribution in [1.29, 1.82) is 0 Å². The molecule has 2 nitrogen and oxygen atoms in total. The maximum absolute atomic E-state index is 6.51. The molecule has 0 amide bonds. The first-order chi connectivity index (χ1) is 10.2. The standard InChI is InChI=1S/C19H23NO/c1-13-9-10-18(21-2)17(11-13)19(20)16-8-4-7-15(12-16)14-5-3-6-14/h4,7-12,14,19H,3,5-6,20H2,1-2H3. The minimum absolute atomic E-state index is 0.139. The molecule has 0 radical (unpaired) electrons. The second-order valence-electron chi connectivity index (χ2n) is 6.02. The van der Waals surface area contributed by atoms with Crippen LogP contribution in [0.15, 0.2) is 42.5 Å². The smallest absolute Gasteiger partial charge is 0.123 e. The summed E-state index contributed by atoms with van der Waals surface area (Å²) in [6.45, 7) is 2.08. The number of aryl methyl sites for hydroxylation is 1. The van der Waals surface area contributed by atoms with Gasteiger partial charge in [0.15, 0.2) is 0 Å². The molecule has 0 saturated heterocycles. The van der Waals surface area contributed by atoms with Crippen molar-refractivity contribution in [3.05, 3.63) is 64.7 Å². The Hall–Kier alpha value is -1.80. The molecule has 2 heteroatoms. The summed E-state index contributed by atoms with van der Waals surface area (Å²) in [6.07, 6.45) is 3.98. The lowest BCUT2D eigenvalue weighted by atomic mass is 9.79. The third-order valence-corrected chi connectivity index (χ3v) is 4.57. The van der Waals surface area contributed by atoms with Crippen LogP contribution < -0.4 is 10.5 Å². The first-order valence-electron chi connectivity index (χ1n) is 7.69. The molecule has 1 saturated carbocycles. The maximum atomic E-state index is 6.51. The van der Waals surface area contributed by atoms with Gasteiger partial charge in [0, 0.05) is 5.56 Å². The first-order valence-corrected chi connectivity index (χ1v) is 7.69. The Morgan fingerprint density at radius 3 is 2.62 bits per heavy atom. The molecule has 1 aliphatic carbocycles. The molecule has 1 fully saturated rings. The van der Waals surface area contributed by atoms with E-state index in [4.69, 9.17) is 10.5 Å². The number of methoxy groups -OCH3 is 1. The first kappa shape index (κ1) is 14.2. The molecular formula is C19H23NO. The fourth-order valence-corrected chi connectivity index (χ4v) is 3.02. The van der Waals surface area contributed by atoms with Gasteiger partial charge in [0.2, 0.25) is 0 Å². The second-order valence-corrected chi connectivity index (χ2v) is 6.02. The number of benzene rings is 2. The van der Waals surface area contributed by atoms with E-state index in [1.165, 1.54) is 36.0 Å². The van der Waals surface area contributed by atoms with Gasteiger partial charge < -0.3 is 10.5 Å². The van der Waals surface area contributed by atoms with Crippen molar-refractivity contribution in [2.24, 2.45) is 5.73 Å². The lowest BCUT2D eigenvalue weighted by Gasteiger charge is -2.27. The monoisotopic (exact) mass is 281 g/mol. The molecule has 1 unspecified atom stereocenters. The van der Waals surface area contributed by atoms with Gasteiger partial charge in [-0.2, -0.15) is 0 Å². The molecule has 3 rings (SSSR count). The molecule has 2 aromatic rings. The fourth-order valence-electron chi connectivity index (χ4n) is 3.02. The van der Waals surface area contributed by atoms with Gasteiger partial charge in [0.1, 0.15) is 5.75 Å². The highest BCUT2D eigenvalue weighted by Crippen LogP contribution is 2.38. The lowest BCUT2D eigenvalue weighted by molar-refractivity contribution is 0.407. The largest absolute Gasteiger partial charge is 0.496 e. The fraction of sp³-hybridized carbons (Fsp3) is 0.368. The minimum Gasteiger partial charge on any atom is -0.496 e. The van der Waals surface area contributed by atoms with Gasteiger partial charge in [0.05, 0.1) is 13.2 Å². The van der Waals surface area contributed by atoms with E-state index in [2.05, 4.69) is 43.3 Å². The zero-order valence-electron chi connectivity index (χ0n) is 12.8. The van der Waals surface area contributed by atoms with Crippen LogP contribution in [0, 0.1) is 6.92 Å². The number of nitrogens with two attached hydrogens (primary N) is 1. The highest BCUT2D eigenvalue weighted by molar-refractivity contribution is 5.44. The van der Waals surface area contributed by atoms with Crippen LogP contribution in [0.2, 0.25) is 0 Å². The van der Waals surface area contributed by atoms with Crippen molar-refractivity contribution in [2.45, 2.75) is 38.1 Å². The summed E-state index contributed by atoms with van der Waals surface area (Å²) in [6, 6.07) is 14.8. The van der Waals surface area contributed by atoms with Crippen molar-refractivity contribution in [2.75, 3.05) is 7.11 Å². The van der Waals surface area contributed by atoms with Gasteiger partial charge in [-0.1, -0.05) is 48.4 Å². The molecule has 0 aromatic heterocycles. The van der Waals surface area contributed by atoms with E-state index in [0.717, 1.165) is 17.2 Å². The Bertz CT molecular complexity index is 631. The minimum atomic E-state index is -0.139. The van der Waals surface area contributed by atoms with E-state index in [-0.39, 0.29) is 6.04 Å². The quantitative estimate of drug-likeness (QED) is 0.906. The summed E-state index contributed by atoms with van der Waals surface area (Å²) in [5.41, 5.74) is 11.4. The Morgan fingerprint density at radius 1 is 1.14 bits per heavy atom. The maximum Gasteiger partial charge on any atom is 0.123 e. The molecule has 21 heavy (non-hydrogen) atoms. The van der Waals surface area contributed by atoms with E-state index >= 15 is 0 Å². The van der Waals surface area contributed by atoms with Gasteiger partial charge in [-0.05, 0) is 42.9 Å². The Labute approximate surface area is 126 Å². The number of hydrogen-bond acceptors (Lipinski definition) is 2. The second kappa shape index (κ2) is 5.90. The summed E-state index contributed by atoms with van der Waals surface area (Å²) < 4.78 is 5.47. The summed E-state index contributed by atoms with van der Waals surface area (Å²) in [4.78, 5) is 0. The van der Waals surface area contributed by atoms with Gasteiger partial charge in [-0.25, -0.2) is 0 Å². The summed E-state index contributed by atoms with van der Waals surface area (Å²) >= 11 is 0. The van der Waals surface area contributed by atoms with Crippen LogP contribution in [0.5, 0.6) is 5.75 Å². The van der Waals surface area contributed by atoms with Crippen LogP contribution in [-0.2, 0) is 0 Å². The Balaban J connectivity index is 1.94. The van der Waals surface area contributed by atoms with Gasteiger partial charge in [0.25, 0.3) is 0 Å². The van der Waals surface area contributed by atoms with Crippen molar-refractivity contribution in [1.82, 2.24) is 0 Å². The molecule has 0 heterocycles.